The smallest absolute Gasteiger partial charge is 0.326 e. The Hall–Kier alpha value is -1.30. The number of piperidine rings is 1. The minimum absolute atomic E-state index is 0.0208. The Morgan fingerprint density at radius 2 is 1.88 bits per heavy atom. The van der Waals surface area contributed by atoms with Crippen LogP contribution in [0.5, 0.6) is 0 Å². The highest BCUT2D eigenvalue weighted by Gasteiger charge is 2.38. The van der Waals surface area contributed by atoms with Crippen molar-refractivity contribution in [2.75, 3.05) is 20.2 Å². The molecule has 6 heteroatoms. The third kappa shape index (κ3) is 3.21. The number of halogens is 1. The average Bonchev–Trinajstić information content (AvgIpc) is 2.97. The number of H-pyrrole nitrogens is 1. The summed E-state index contributed by atoms with van der Waals surface area (Å²) in [6.07, 6.45) is 7.11. The van der Waals surface area contributed by atoms with Gasteiger partial charge in [-0.1, -0.05) is 11.6 Å². The zero-order valence-corrected chi connectivity index (χ0v) is 16.4. The van der Waals surface area contributed by atoms with Crippen LogP contribution in [0.4, 0.5) is 0 Å². The molecule has 4 rings (SSSR count). The number of imidazole rings is 1. The molecule has 1 aromatic carbocycles. The molecule has 2 heterocycles. The number of aromatic nitrogens is 2. The molecule has 2 aromatic rings. The van der Waals surface area contributed by atoms with E-state index in [1.54, 1.807) is 0 Å². The van der Waals surface area contributed by atoms with Gasteiger partial charge in [-0.2, -0.15) is 0 Å². The summed E-state index contributed by atoms with van der Waals surface area (Å²) in [5.74, 6) is 0. The summed E-state index contributed by atoms with van der Waals surface area (Å²) in [6, 6.07) is 5.85. The lowest BCUT2D eigenvalue weighted by Crippen LogP contribution is -2.52. The van der Waals surface area contributed by atoms with E-state index in [-0.39, 0.29) is 17.3 Å². The Bertz CT molecular complexity index is 827. The topological polar surface area (TPSA) is 50.3 Å². The number of aromatic amines is 1. The number of methoxy groups -OCH3 is 1. The Morgan fingerprint density at radius 1 is 1.19 bits per heavy atom. The highest BCUT2D eigenvalue weighted by Crippen LogP contribution is 2.37. The summed E-state index contributed by atoms with van der Waals surface area (Å²) < 4.78 is 7.45. The molecule has 0 amide bonds. The van der Waals surface area contributed by atoms with Crippen LogP contribution in [-0.4, -0.2) is 46.3 Å². The van der Waals surface area contributed by atoms with Crippen LogP contribution in [0, 0.1) is 0 Å². The fourth-order valence-electron chi connectivity index (χ4n) is 4.89. The molecule has 1 aliphatic heterocycles. The first-order valence-corrected chi connectivity index (χ1v) is 10.1. The summed E-state index contributed by atoms with van der Waals surface area (Å²) >= 11 is 6.16. The molecular weight excluding hydrogens is 350 g/mol. The molecule has 1 N–H and O–H groups in total. The average molecular weight is 378 g/mol. The van der Waals surface area contributed by atoms with Gasteiger partial charge in [0.15, 0.2) is 0 Å². The number of nitrogens with one attached hydrogen (secondary N) is 1. The second-order valence-corrected chi connectivity index (χ2v) is 8.55. The lowest BCUT2D eigenvalue weighted by molar-refractivity contribution is -0.0146. The van der Waals surface area contributed by atoms with Gasteiger partial charge in [-0.25, -0.2) is 4.79 Å². The third-order valence-electron chi connectivity index (χ3n) is 6.62. The van der Waals surface area contributed by atoms with Crippen molar-refractivity contribution in [1.82, 2.24) is 14.5 Å². The number of likely N-dealkylation sites (tertiary alicyclic amines) is 1. The SMILES string of the molecule is COC1CCC(C)(N2CCC(n3c(=O)[nH]c4ccc(Cl)cc43)CC2)CC1. The van der Waals surface area contributed by atoms with Gasteiger partial charge in [0.1, 0.15) is 0 Å². The van der Waals surface area contributed by atoms with Gasteiger partial charge in [-0.05, 0) is 63.6 Å². The van der Waals surface area contributed by atoms with Crippen molar-refractivity contribution in [3.05, 3.63) is 33.7 Å². The van der Waals surface area contributed by atoms with Crippen molar-refractivity contribution in [2.24, 2.45) is 0 Å². The van der Waals surface area contributed by atoms with E-state index in [9.17, 15) is 4.79 Å². The number of fused-ring (bicyclic) bond motifs is 1. The number of rotatable bonds is 3. The maximum Gasteiger partial charge on any atom is 0.326 e. The molecule has 0 spiro atoms. The summed E-state index contributed by atoms with van der Waals surface area (Å²) in [5.41, 5.74) is 2.04. The quantitative estimate of drug-likeness (QED) is 0.880. The zero-order valence-electron chi connectivity index (χ0n) is 15.6. The molecule has 26 heavy (non-hydrogen) atoms. The molecule has 2 fully saturated rings. The molecule has 1 aromatic heterocycles. The number of hydrogen-bond acceptors (Lipinski definition) is 3. The van der Waals surface area contributed by atoms with Crippen molar-refractivity contribution in [1.29, 1.82) is 0 Å². The van der Waals surface area contributed by atoms with E-state index in [4.69, 9.17) is 16.3 Å². The summed E-state index contributed by atoms with van der Waals surface area (Å²) in [5, 5.41) is 0.671. The van der Waals surface area contributed by atoms with Crippen LogP contribution in [0.15, 0.2) is 23.0 Å². The van der Waals surface area contributed by atoms with E-state index in [0.29, 0.717) is 11.1 Å². The minimum Gasteiger partial charge on any atom is -0.381 e. The van der Waals surface area contributed by atoms with Gasteiger partial charge in [-0.3, -0.25) is 9.47 Å². The molecule has 0 unspecified atom stereocenters. The first-order valence-electron chi connectivity index (χ1n) is 9.68. The van der Waals surface area contributed by atoms with Crippen LogP contribution in [-0.2, 0) is 4.74 Å². The normalized spacial score (nSPS) is 28.7. The predicted octanol–water partition coefficient (Wildman–Crippen LogP) is 3.97. The van der Waals surface area contributed by atoms with Gasteiger partial charge in [0.2, 0.25) is 0 Å². The van der Waals surface area contributed by atoms with Gasteiger partial charge in [0, 0.05) is 36.8 Å². The van der Waals surface area contributed by atoms with Crippen LogP contribution < -0.4 is 5.69 Å². The summed E-state index contributed by atoms with van der Waals surface area (Å²) in [7, 11) is 1.82. The number of nitrogens with zero attached hydrogens (tertiary/aromatic N) is 2. The third-order valence-corrected chi connectivity index (χ3v) is 6.85. The van der Waals surface area contributed by atoms with Crippen LogP contribution >= 0.6 is 11.6 Å². The maximum atomic E-state index is 12.5. The van der Waals surface area contributed by atoms with Crippen LogP contribution in [0.25, 0.3) is 11.0 Å². The number of hydrogen-bond donors (Lipinski definition) is 1. The lowest BCUT2D eigenvalue weighted by Gasteiger charge is -2.48. The van der Waals surface area contributed by atoms with E-state index in [0.717, 1.165) is 49.8 Å². The maximum absolute atomic E-state index is 12.5. The monoisotopic (exact) mass is 377 g/mol. The first kappa shape index (κ1) is 18.1. The highest BCUT2D eigenvalue weighted by atomic mass is 35.5. The van der Waals surface area contributed by atoms with E-state index in [2.05, 4.69) is 16.8 Å². The predicted molar refractivity (Wildman–Crippen MR) is 105 cm³/mol. The standard InChI is InChI=1S/C20H28ClN3O2/c1-20(9-5-16(26-2)6-10-20)23-11-7-15(8-12-23)24-18-13-14(21)3-4-17(18)22-19(24)25/h3-4,13,15-16H,5-12H2,1-2H3,(H,22,25). The summed E-state index contributed by atoms with van der Waals surface area (Å²) in [6.45, 7) is 4.48. The lowest BCUT2D eigenvalue weighted by atomic mass is 9.79. The van der Waals surface area contributed by atoms with Crippen molar-refractivity contribution >= 4 is 22.6 Å². The van der Waals surface area contributed by atoms with Gasteiger partial charge in [0.25, 0.3) is 0 Å². The second-order valence-electron chi connectivity index (χ2n) is 8.11. The van der Waals surface area contributed by atoms with Crippen LogP contribution in [0.1, 0.15) is 51.5 Å². The van der Waals surface area contributed by atoms with Crippen molar-refractivity contribution < 1.29 is 4.74 Å². The Labute approximate surface area is 159 Å². The number of benzene rings is 1. The molecule has 0 bridgehead atoms. The van der Waals surface area contributed by atoms with E-state index in [1.807, 2.05) is 29.9 Å². The van der Waals surface area contributed by atoms with Crippen LogP contribution in [0.2, 0.25) is 5.02 Å². The highest BCUT2D eigenvalue weighted by molar-refractivity contribution is 6.31. The van der Waals surface area contributed by atoms with Gasteiger partial charge >= 0.3 is 5.69 Å². The summed E-state index contributed by atoms with van der Waals surface area (Å²) in [4.78, 5) is 18.1. The first-order chi connectivity index (χ1) is 12.5. The van der Waals surface area contributed by atoms with E-state index >= 15 is 0 Å². The van der Waals surface area contributed by atoms with E-state index in [1.165, 1.54) is 12.8 Å². The van der Waals surface area contributed by atoms with Gasteiger partial charge in [-0.15, -0.1) is 0 Å². The Kier molecular flexibility index (Phi) is 4.88. The van der Waals surface area contributed by atoms with Crippen LogP contribution in [0.3, 0.4) is 0 Å². The molecule has 1 saturated carbocycles. The van der Waals surface area contributed by atoms with Gasteiger partial charge in [0.05, 0.1) is 17.1 Å². The fourth-order valence-corrected chi connectivity index (χ4v) is 5.05. The second kappa shape index (κ2) is 7.02. The molecule has 2 aliphatic rings. The Balaban J connectivity index is 1.48. The molecule has 142 valence electrons. The molecule has 1 aliphatic carbocycles. The van der Waals surface area contributed by atoms with Gasteiger partial charge < -0.3 is 9.72 Å². The molecule has 5 nitrogen and oxygen atoms in total. The van der Waals surface area contributed by atoms with E-state index < -0.39 is 0 Å². The number of ether oxygens (including phenoxy) is 1. The molecule has 0 radical (unpaired) electrons. The Morgan fingerprint density at radius 3 is 2.54 bits per heavy atom. The zero-order chi connectivity index (χ0) is 18.3. The van der Waals surface area contributed by atoms with Crippen molar-refractivity contribution in [3.8, 4) is 0 Å². The minimum atomic E-state index is -0.0208. The fraction of sp³-hybridized carbons (Fsp3) is 0.650. The van der Waals surface area contributed by atoms with Crippen molar-refractivity contribution in [3.63, 3.8) is 0 Å². The van der Waals surface area contributed by atoms with Crippen molar-refractivity contribution in [2.45, 2.75) is 63.1 Å². The molecule has 1 saturated heterocycles. The largest absolute Gasteiger partial charge is 0.381 e. The molecule has 0 atom stereocenters. The molecular formula is C20H28ClN3O2.